The molecule has 0 amide bonds. The van der Waals surface area contributed by atoms with Crippen LogP contribution in [0.2, 0.25) is 0 Å². The Bertz CT molecular complexity index is 193. The number of hydrogen-bond donors (Lipinski definition) is 3. The summed E-state index contributed by atoms with van der Waals surface area (Å²) in [5.74, 6) is 0.964. The van der Waals surface area contributed by atoms with Crippen molar-refractivity contribution in [3.63, 3.8) is 0 Å². The largest absolute Gasteiger partial charge is 0.390 e. The van der Waals surface area contributed by atoms with Crippen LogP contribution in [-0.2, 0) is 0 Å². The highest BCUT2D eigenvalue weighted by Gasteiger charge is 2.25. The Hall–Kier alpha value is -0.120. The van der Waals surface area contributed by atoms with Gasteiger partial charge in [0.2, 0.25) is 0 Å². The van der Waals surface area contributed by atoms with Crippen molar-refractivity contribution in [3.8, 4) is 0 Å². The molecule has 1 rings (SSSR count). The van der Waals surface area contributed by atoms with E-state index in [1.807, 2.05) is 20.8 Å². The summed E-state index contributed by atoms with van der Waals surface area (Å²) < 4.78 is 0. The van der Waals surface area contributed by atoms with Crippen LogP contribution >= 0.6 is 0 Å². The zero-order valence-electron chi connectivity index (χ0n) is 13.4. The summed E-state index contributed by atoms with van der Waals surface area (Å²) in [6.07, 6.45) is 6.51. The first kappa shape index (κ1) is 18.9. The van der Waals surface area contributed by atoms with Gasteiger partial charge in [-0.1, -0.05) is 59.8 Å². The fourth-order valence-corrected chi connectivity index (χ4v) is 2.88. The van der Waals surface area contributed by atoms with Crippen molar-refractivity contribution in [1.82, 2.24) is 5.32 Å². The average molecular weight is 273 g/mol. The van der Waals surface area contributed by atoms with Gasteiger partial charge in [-0.3, -0.25) is 0 Å². The van der Waals surface area contributed by atoms with Gasteiger partial charge in [0.15, 0.2) is 0 Å². The van der Waals surface area contributed by atoms with Crippen LogP contribution in [0.1, 0.15) is 66.2 Å². The molecule has 1 saturated carbocycles. The van der Waals surface area contributed by atoms with Crippen molar-refractivity contribution >= 4 is 0 Å². The van der Waals surface area contributed by atoms with E-state index < -0.39 is 12.2 Å². The van der Waals surface area contributed by atoms with Crippen LogP contribution in [0.15, 0.2) is 0 Å². The van der Waals surface area contributed by atoms with Crippen molar-refractivity contribution in [2.24, 2.45) is 11.8 Å². The second-order valence-corrected chi connectivity index (χ2v) is 5.58. The van der Waals surface area contributed by atoms with Gasteiger partial charge in [0.25, 0.3) is 0 Å². The predicted molar refractivity (Wildman–Crippen MR) is 82.3 cm³/mol. The van der Waals surface area contributed by atoms with Gasteiger partial charge in [0, 0.05) is 6.54 Å². The lowest BCUT2D eigenvalue weighted by molar-refractivity contribution is -0.0184. The third kappa shape index (κ3) is 7.91. The van der Waals surface area contributed by atoms with Gasteiger partial charge in [-0.15, -0.1) is 0 Å². The molecule has 1 fully saturated rings. The number of rotatable bonds is 7. The molecular weight excluding hydrogens is 238 g/mol. The van der Waals surface area contributed by atoms with Crippen LogP contribution in [0, 0.1) is 11.8 Å². The molecule has 3 heteroatoms. The van der Waals surface area contributed by atoms with E-state index >= 15 is 0 Å². The Morgan fingerprint density at radius 1 is 1.11 bits per heavy atom. The van der Waals surface area contributed by atoms with Gasteiger partial charge in [0.05, 0.1) is 12.2 Å². The molecule has 0 aliphatic heterocycles. The van der Waals surface area contributed by atoms with E-state index in [0.717, 1.165) is 18.9 Å². The summed E-state index contributed by atoms with van der Waals surface area (Å²) in [4.78, 5) is 0. The zero-order valence-corrected chi connectivity index (χ0v) is 13.4. The lowest BCUT2D eigenvalue weighted by Gasteiger charge is -2.29. The highest BCUT2D eigenvalue weighted by Crippen LogP contribution is 2.30. The smallest absolute Gasteiger partial charge is 0.0925 e. The lowest BCUT2D eigenvalue weighted by Crippen LogP contribution is -2.40. The second-order valence-electron chi connectivity index (χ2n) is 5.58. The number of aliphatic hydroxyl groups is 2. The molecule has 0 saturated heterocycles. The van der Waals surface area contributed by atoms with Crippen LogP contribution in [0.4, 0.5) is 0 Å². The molecule has 1 aliphatic rings. The maximum absolute atomic E-state index is 10.1. The first-order valence-electron chi connectivity index (χ1n) is 8.22. The summed E-state index contributed by atoms with van der Waals surface area (Å²) in [5, 5.41) is 23.0. The van der Waals surface area contributed by atoms with Gasteiger partial charge in [-0.25, -0.2) is 0 Å². The zero-order chi connectivity index (χ0) is 14.7. The molecule has 0 aromatic carbocycles. The van der Waals surface area contributed by atoms with Crippen molar-refractivity contribution in [1.29, 1.82) is 0 Å². The number of aliphatic hydroxyl groups excluding tert-OH is 2. The molecule has 0 bridgehead atoms. The SMILES string of the molecule is CC.CCNCC(O)C(O)[C@@H](C)CC1CCCCC1. The molecule has 0 radical (unpaired) electrons. The molecule has 0 aromatic heterocycles. The maximum Gasteiger partial charge on any atom is 0.0925 e. The summed E-state index contributed by atoms with van der Waals surface area (Å²) in [6.45, 7) is 9.40. The summed E-state index contributed by atoms with van der Waals surface area (Å²) in [6, 6.07) is 0. The van der Waals surface area contributed by atoms with Crippen LogP contribution in [0.3, 0.4) is 0 Å². The van der Waals surface area contributed by atoms with E-state index in [4.69, 9.17) is 0 Å². The minimum absolute atomic E-state index is 0.201. The Balaban J connectivity index is 0.00000154. The van der Waals surface area contributed by atoms with E-state index in [-0.39, 0.29) is 5.92 Å². The fourth-order valence-electron chi connectivity index (χ4n) is 2.88. The molecule has 3 N–H and O–H groups in total. The summed E-state index contributed by atoms with van der Waals surface area (Å²) in [7, 11) is 0. The molecule has 0 spiro atoms. The van der Waals surface area contributed by atoms with Crippen molar-refractivity contribution in [2.45, 2.75) is 78.4 Å². The first-order valence-corrected chi connectivity index (χ1v) is 8.22. The van der Waals surface area contributed by atoms with E-state index in [9.17, 15) is 10.2 Å². The molecule has 1 aliphatic carbocycles. The van der Waals surface area contributed by atoms with Crippen molar-refractivity contribution in [2.75, 3.05) is 13.1 Å². The Morgan fingerprint density at radius 2 is 1.68 bits per heavy atom. The predicted octanol–water partition coefficient (Wildman–Crippen LogP) is 2.95. The molecule has 19 heavy (non-hydrogen) atoms. The molecular formula is C16H35NO2. The van der Waals surface area contributed by atoms with Crippen LogP contribution in [0.5, 0.6) is 0 Å². The normalized spacial score (nSPS) is 21.2. The van der Waals surface area contributed by atoms with Crippen LogP contribution < -0.4 is 5.32 Å². The monoisotopic (exact) mass is 273 g/mol. The van der Waals surface area contributed by atoms with Crippen LogP contribution in [0.25, 0.3) is 0 Å². The average Bonchev–Trinajstić information content (AvgIpc) is 2.47. The summed E-state index contributed by atoms with van der Waals surface area (Å²) in [5.41, 5.74) is 0. The van der Waals surface area contributed by atoms with Gasteiger partial charge in [0.1, 0.15) is 0 Å². The second kappa shape index (κ2) is 11.7. The van der Waals surface area contributed by atoms with E-state index in [2.05, 4.69) is 12.2 Å². The molecule has 3 atom stereocenters. The van der Waals surface area contributed by atoms with Gasteiger partial charge in [-0.2, -0.15) is 0 Å². The highest BCUT2D eigenvalue weighted by atomic mass is 16.3. The molecule has 116 valence electrons. The highest BCUT2D eigenvalue weighted by molar-refractivity contribution is 4.78. The fraction of sp³-hybridized carbons (Fsp3) is 1.00. The minimum Gasteiger partial charge on any atom is -0.390 e. The quantitative estimate of drug-likeness (QED) is 0.668. The Labute approximate surface area is 119 Å². The first-order chi connectivity index (χ1) is 9.15. The van der Waals surface area contributed by atoms with E-state index in [1.165, 1.54) is 32.1 Å². The standard InChI is InChI=1S/C14H29NO2.C2H6/c1-3-15-10-13(16)14(17)11(2)9-12-7-5-4-6-8-12;1-2/h11-17H,3-10H2,1-2H3;1-2H3/t11-,13?,14?;/m0./s1. The molecule has 2 unspecified atom stereocenters. The topological polar surface area (TPSA) is 52.5 Å². The Morgan fingerprint density at radius 3 is 2.21 bits per heavy atom. The van der Waals surface area contributed by atoms with Gasteiger partial charge in [-0.05, 0) is 24.8 Å². The number of nitrogens with one attached hydrogen (secondary N) is 1. The van der Waals surface area contributed by atoms with E-state index in [0.29, 0.717) is 6.54 Å². The Kier molecular flexibility index (Phi) is 11.6. The molecule has 3 nitrogen and oxygen atoms in total. The summed E-state index contributed by atoms with van der Waals surface area (Å²) >= 11 is 0. The van der Waals surface area contributed by atoms with Crippen LogP contribution in [-0.4, -0.2) is 35.5 Å². The van der Waals surface area contributed by atoms with E-state index in [1.54, 1.807) is 0 Å². The molecule has 0 aromatic rings. The number of likely N-dealkylation sites (N-methyl/N-ethyl adjacent to an activating group) is 1. The molecule has 0 heterocycles. The maximum atomic E-state index is 10.1. The van der Waals surface area contributed by atoms with Gasteiger partial charge < -0.3 is 15.5 Å². The number of hydrogen-bond acceptors (Lipinski definition) is 3. The van der Waals surface area contributed by atoms with Crippen molar-refractivity contribution < 1.29 is 10.2 Å². The van der Waals surface area contributed by atoms with Gasteiger partial charge >= 0.3 is 0 Å². The van der Waals surface area contributed by atoms with Crippen molar-refractivity contribution in [3.05, 3.63) is 0 Å². The third-order valence-electron chi connectivity index (χ3n) is 4.01. The third-order valence-corrected chi connectivity index (χ3v) is 4.01. The minimum atomic E-state index is -0.631. The lowest BCUT2D eigenvalue weighted by atomic mass is 9.81.